The van der Waals surface area contributed by atoms with Crippen molar-refractivity contribution in [1.29, 1.82) is 0 Å². The van der Waals surface area contributed by atoms with Gasteiger partial charge in [-0.1, -0.05) is 201 Å². The quantitative estimate of drug-likeness (QED) is 0.0462. The van der Waals surface area contributed by atoms with Crippen LogP contribution in [0, 0.1) is 0 Å². The molecule has 0 aliphatic rings. The SMILES string of the molecule is CCCCCCCCCCc1c2ccccc2c(COc2cc(CO)cc(OCc3c4ccccc4c(CCCCCCCCCC)c4ccccc34)c2)c2ccccc12. The van der Waals surface area contributed by atoms with Gasteiger partial charge in [-0.3, -0.25) is 0 Å². The van der Waals surface area contributed by atoms with Crippen LogP contribution in [0.25, 0.3) is 43.1 Å². The number of unbranched alkanes of at least 4 members (excludes halogenated alkanes) is 14. The lowest BCUT2D eigenvalue weighted by Crippen LogP contribution is -2.03. The highest BCUT2D eigenvalue weighted by Gasteiger charge is 2.17. The molecule has 0 amide bonds. The van der Waals surface area contributed by atoms with Gasteiger partial charge in [-0.15, -0.1) is 0 Å². The molecule has 0 spiro atoms. The standard InChI is InChI=1S/C57H68O3/c1-3-5-7-9-11-13-15-17-27-46-48-29-19-23-33-52(48)56(53-34-24-20-30-49(46)53)41-59-44-37-43(40-58)38-45(39-44)60-42-57-54-35-25-21-31-50(54)47(51-32-22-26-36-55(51)57)28-18-16-14-12-10-8-6-4-2/h19-26,29-39,58H,3-18,27-28,40-42H2,1-2H3. The van der Waals surface area contributed by atoms with Crippen LogP contribution in [0.3, 0.4) is 0 Å². The number of aryl methyl sites for hydroxylation is 2. The van der Waals surface area contributed by atoms with Crippen LogP contribution in [0.1, 0.15) is 144 Å². The maximum absolute atomic E-state index is 10.4. The predicted molar refractivity (Wildman–Crippen MR) is 257 cm³/mol. The zero-order chi connectivity index (χ0) is 41.4. The molecule has 0 heterocycles. The van der Waals surface area contributed by atoms with E-state index in [0.29, 0.717) is 24.7 Å². The van der Waals surface area contributed by atoms with Gasteiger partial charge < -0.3 is 14.6 Å². The van der Waals surface area contributed by atoms with Crippen molar-refractivity contribution in [2.75, 3.05) is 0 Å². The highest BCUT2D eigenvalue weighted by molar-refractivity contribution is 6.07. The maximum Gasteiger partial charge on any atom is 0.123 e. The van der Waals surface area contributed by atoms with E-state index in [1.165, 1.54) is 168 Å². The minimum Gasteiger partial charge on any atom is -0.489 e. The molecular formula is C57H68O3. The molecule has 3 heteroatoms. The van der Waals surface area contributed by atoms with Gasteiger partial charge in [0, 0.05) is 17.2 Å². The molecule has 0 aliphatic carbocycles. The Labute approximate surface area is 360 Å². The molecule has 0 atom stereocenters. The molecule has 1 N–H and O–H groups in total. The van der Waals surface area contributed by atoms with Crippen molar-refractivity contribution in [3.8, 4) is 11.5 Å². The van der Waals surface area contributed by atoms with Gasteiger partial charge >= 0.3 is 0 Å². The number of ether oxygens (including phenoxy) is 2. The van der Waals surface area contributed by atoms with Crippen molar-refractivity contribution in [3.63, 3.8) is 0 Å². The summed E-state index contributed by atoms with van der Waals surface area (Å²) in [6, 6.07) is 41.3. The number of hydrogen-bond donors (Lipinski definition) is 1. The number of aliphatic hydroxyl groups excluding tert-OH is 1. The second kappa shape index (κ2) is 22.7. The molecule has 0 saturated carbocycles. The number of fused-ring (bicyclic) bond motifs is 4. The van der Waals surface area contributed by atoms with Crippen molar-refractivity contribution < 1.29 is 14.6 Å². The minimum atomic E-state index is -0.0911. The van der Waals surface area contributed by atoms with E-state index in [4.69, 9.17) is 9.47 Å². The van der Waals surface area contributed by atoms with Gasteiger partial charge in [-0.2, -0.15) is 0 Å². The number of aliphatic hydroxyl groups is 1. The molecule has 7 rings (SSSR count). The fourth-order valence-electron chi connectivity index (χ4n) is 9.54. The molecule has 314 valence electrons. The van der Waals surface area contributed by atoms with Gasteiger partial charge in [0.25, 0.3) is 0 Å². The van der Waals surface area contributed by atoms with E-state index >= 15 is 0 Å². The lowest BCUT2D eigenvalue weighted by Gasteiger charge is -2.19. The van der Waals surface area contributed by atoms with Gasteiger partial charge in [-0.05, 0) is 97.6 Å². The average Bonchev–Trinajstić information content (AvgIpc) is 3.29. The molecule has 7 aromatic rings. The molecule has 0 fully saturated rings. The Morgan fingerprint density at radius 2 is 0.633 bits per heavy atom. The van der Waals surface area contributed by atoms with Crippen LogP contribution in [0.2, 0.25) is 0 Å². The molecule has 0 radical (unpaired) electrons. The summed E-state index contributed by atoms with van der Waals surface area (Å²) in [4.78, 5) is 0. The summed E-state index contributed by atoms with van der Waals surface area (Å²) in [7, 11) is 0. The molecule has 0 saturated heterocycles. The highest BCUT2D eigenvalue weighted by atomic mass is 16.5. The smallest absolute Gasteiger partial charge is 0.123 e. The van der Waals surface area contributed by atoms with Crippen molar-refractivity contribution in [2.45, 2.75) is 149 Å². The minimum absolute atomic E-state index is 0.0911. The summed E-state index contributed by atoms with van der Waals surface area (Å²) >= 11 is 0. The molecule has 3 nitrogen and oxygen atoms in total. The Hall–Kier alpha value is -4.86. The summed E-state index contributed by atoms with van der Waals surface area (Å²) in [5.74, 6) is 1.39. The Morgan fingerprint density at radius 1 is 0.350 bits per heavy atom. The first-order valence-electron chi connectivity index (χ1n) is 23.5. The van der Waals surface area contributed by atoms with E-state index in [0.717, 1.165) is 18.4 Å². The predicted octanol–water partition coefficient (Wildman–Crippen LogP) is 16.3. The van der Waals surface area contributed by atoms with E-state index in [1.54, 1.807) is 0 Å². The third kappa shape index (κ3) is 10.9. The van der Waals surface area contributed by atoms with Crippen LogP contribution in [0.15, 0.2) is 115 Å². The fraction of sp³-hybridized carbons (Fsp3) is 0.404. The summed E-state index contributed by atoms with van der Waals surface area (Å²) < 4.78 is 13.4. The van der Waals surface area contributed by atoms with Crippen molar-refractivity contribution in [1.82, 2.24) is 0 Å². The van der Waals surface area contributed by atoms with Gasteiger partial charge in [0.2, 0.25) is 0 Å². The Kier molecular flexibility index (Phi) is 16.3. The lowest BCUT2D eigenvalue weighted by molar-refractivity contribution is 0.271. The molecule has 0 aromatic heterocycles. The molecular weight excluding hydrogens is 733 g/mol. The monoisotopic (exact) mass is 801 g/mol. The van der Waals surface area contributed by atoms with Gasteiger partial charge in [0.15, 0.2) is 0 Å². The molecule has 0 unspecified atom stereocenters. The number of benzene rings is 7. The summed E-state index contributed by atoms with van der Waals surface area (Å²) in [5, 5.41) is 20.7. The molecule has 0 bridgehead atoms. The summed E-state index contributed by atoms with van der Waals surface area (Å²) in [6.07, 6.45) is 23.3. The zero-order valence-corrected chi connectivity index (χ0v) is 36.6. The van der Waals surface area contributed by atoms with Gasteiger partial charge in [0.1, 0.15) is 24.7 Å². The Balaban J connectivity index is 1.08. The number of hydrogen-bond acceptors (Lipinski definition) is 3. The van der Waals surface area contributed by atoms with E-state index in [-0.39, 0.29) is 6.61 Å². The van der Waals surface area contributed by atoms with Crippen LogP contribution in [0.4, 0.5) is 0 Å². The van der Waals surface area contributed by atoms with E-state index < -0.39 is 0 Å². The van der Waals surface area contributed by atoms with E-state index in [9.17, 15) is 5.11 Å². The van der Waals surface area contributed by atoms with Gasteiger partial charge in [-0.25, -0.2) is 0 Å². The maximum atomic E-state index is 10.4. The topological polar surface area (TPSA) is 38.7 Å². The van der Waals surface area contributed by atoms with Gasteiger partial charge in [0.05, 0.1) is 6.61 Å². The van der Waals surface area contributed by atoms with Crippen LogP contribution in [-0.4, -0.2) is 5.11 Å². The number of rotatable bonds is 25. The second-order valence-corrected chi connectivity index (χ2v) is 17.1. The fourth-order valence-corrected chi connectivity index (χ4v) is 9.54. The molecule has 60 heavy (non-hydrogen) atoms. The Morgan fingerprint density at radius 3 is 0.933 bits per heavy atom. The van der Waals surface area contributed by atoms with Crippen molar-refractivity contribution >= 4 is 43.1 Å². The summed E-state index contributed by atoms with van der Waals surface area (Å²) in [5.41, 5.74) is 6.07. The van der Waals surface area contributed by atoms with E-state index in [1.807, 2.05) is 18.2 Å². The van der Waals surface area contributed by atoms with Crippen LogP contribution < -0.4 is 9.47 Å². The Bertz CT molecular complexity index is 2150. The highest BCUT2D eigenvalue weighted by Crippen LogP contribution is 2.37. The molecule has 0 aliphatic heterocycles. The summed E-state index contributed by atoms with van der Waals surface area (Å²) in [6.45, 7) is 5.32. The first-order valence-corrected chi connectivity index (χ1v) is 23.5. The second-order valence-electron chi connectivity index (χ2n) is 17.1. The van der Waals surface area contributed by atoms with E-state index in [2.05, 4.69) is 111 Å². The largest absolute Gasteiger partial charge is 0.489 e. The normalized spacial score (nSPS) is 11.7. The third-order valence-corrected chi connectivity index (χ3v) is 12.8. The molecule has 7 aromatic carbocycles. The first-order chi connectivity index (χ1) is 29.7. The third-order valence-electron chi connectivity index (χ3n) is 12.8. The first kappa shape index (κ1) is 43.2. The van der Waals surface area contributed by atoms with Crippen LogP contribution in [0.5, 0.6) is 11.5 Å². The zero-order valence-electron chi connectivity index (χ0n) is 36.6. The van der Waals surface area contributed by atoms with Crippen LogP contribution in [-0.2, 0) is 32.7 Å². The lowest BCUT2D eigenvalue weighted by atomic mass is 9.89. The van der Waals surface area contributed by atoms with Crippen LogP contribution >= 0.6 is 0 Å². The van der Waals surface area contributed by atoms with Crippen molar-refractivity contribution in [2.24, 2.45) is 0 Å². The average molecular weight is 801 g/mol. The van der Waals surface area contributed by atoms with Crippen molar-refractivity contribution in [3.05, 3.63) is 143 Å².